The Kier molecular flexibility index (Phi) is 5.99. The number of halogens is 3. The molecule has 0 aliphatic rings. The zero-order valence-corrected chi connectivity index (χ0v) is 19.9. The van der Waals surface area contributed by atoms with Crippen LogP contribution in [0.25, 0.3) is 11.5 Å². The molecule has 0 saturated heterocycles. The Morgan fingerprint density at radius 3 is 2.58 bits per heavy atom. The van der Waals surface area contributed by atoms with Gasteiger partial charge in [0.05, 0.1) is 14.6 Å². The number of ether oxygens (including phenoxy) is 1. The Hall–Kier alpha value is -3.96. The van der Waals surface area contributed by atoms with E-state index in [-0.39, 0.29) is 22.9 Å². The summed E-state index contributed by atoms with van der Waals surface area (Å²) in [5, 5.41) is 9.73. The lowest BCUT2D eigenvalue weighted by atomic mass is 10.1. The molecule has 186 valence electrons. The van der Waals surface area contributed by atoms with Gasteiger partial charge in [-0.05, 0) is 26.8 Å². The quantitative estimate of drug-likeness (QED) is 0.418. The van der Waals surface area contributed by atoms with Crippen LogP contribution >= 0.6 is 11.6 Å². The molecule has 0 aromatic carbocycles. The molecule has 4 aromatic heterocycles. The van der Waals surface area contributed by atoms with Gasteiger partial charge in [-0.2, -0.15) is 0 Å². The molecule has 0 aliphatic carbocycles. The van der Waals surface area contributed by atoms with E-state index in [0.29, 0.717) is 12.3 Å². The highest BCUT2D eigenvalue weighted by atomic mass is 35.5. The molecular formula is C24H20ClF2N5O4. The number of hydrogen-bond donors (Lipinski definition) is 1. The SMILES string of the molecule is [2H]C([2H])(Oc1cc(C)n(-c2ccnc(-n3ccnc(C(C)(C)O)c3=O)c2)c(=O)c1Cl)c1ncc(F)cc1F. The first-order valence-corrected chi connectivity index (χ1v) is 10.8. The third-order valence-electron chi connectivity index (χ3n) is 5.02. The fourth-order valence-corrected chi connectivity index (χ4v) is 3.54. The van der Waals surface area contributed by atoms with Gasteiger partial charge in [0.15, 0.2) is 5.82 Å². The van der Waals surface area contributed by atoms with Crippen molar-refractivity contribution >= 4 is 11.6 Å². The number of pyridine rings is 3. The summed E-state index contributed by atoms with van der Waals surface area (Å²) < 4.78 is 51.0. The number of aryl methyl sites for hydroxylation is 1. The summed E-state index contributed by atoms with van der Waals surface area (Å²) >= 11 is 6.23. The van der Waals surface area contributed by atoms with Gasteiger partial charge in [0, 0.05) is 42.5 Å². The van der Waals surface area contributed by atoms with Crippen LogP contribution in [0.3, 0.4) is 0 Å². The predicted octanol–water partition coefficient (Wildman–Crippen LogP) is 3.22. The van der Waals surface area contributed by atoms with Gasteiger partial charge in [-0.3, -0.25) is 28.7 Å². The number of aromatic nitrogens is 5. The second kappa shape index (κ2) is 9.59. The molecular weight excluding hydrogens is 496 g/mol. The maximum atomic E-state index is 14.1. The zero-order valence-electron chi connectivity index (χ0n) is 21.2. The van der Waals surface area contributed by atoms with Crippen molar-refractivity contribution in [1.82, 2.24) is 24.1 Å². The van der Waals surface area contributed by atoms with Crippen LogP contribution in [0.2, 0.25) is 5.02 Å². The summed E-state index contributed by atoms with van der Waals surface area (Å²) in [6, 6.07) is 4.62. The molecule has 4 rings (SSSR count). The molecule has 0 saturated carbocycles. The Bertz CT molecular complexity index is 1670. The Morgan fingerprint density at radius 1 is 1.14 bits per heavy atom. The van der Waals surface area contributed by atoms with Crippen molar-refractivity contribution in [1.29, 1.82) is 0 Å². The van der Waals surface area contributed by atoms with Crippen molar-refractivity contribution in [2.24, 2.45) is 0 Å². The lowest BCUT2D eigenvalue weighted by Crippen LogP contribution is -2.33. The van der Waals surface area contributed by atoms with Crippen LogP contribution in [0, 0.1) is 18.6 Å². The summed E-state index contributed by atoms with van der Waals surface area (Å²) in [5.74, 6) is -2.55. The van der Waals surface area contributed by atoms with Gasteiger partial charge in [0.2, 0.25) is 0 Å². The van der Waals surface area contributed by atoms with Crippen LogP contribution in [0.5, 0.6) is 5.75 Å². The molecule has 0 atom stereocenters. The van der Waals surface area contributed by atoms with E-state index in [4.69, 9.17) is 19.1 Å². The largest absolute Gasteiger partial charge is 0.485 e. The monoisotopic (exact) mass is 517 g/mol. The smallest absolute Gasteiger partial charge is 0.280 e. The molecule has 36 heavy (non-hydrogen) atoms. The molecule has 0 unspecified atom stereocenters. The van der Waals surface area contributed by atoms with E-state index in [9.17, 15) is 23.5 Å². The molecule has 1 N–H and O–H groups in total. The molecule has 4 heterocycles. The average Bonchev–Trinajstić information content (AvgIpc) is 2.81. The van der Waals surface area contributed by atoms with E-state index in [1.54, 1.807) is 0 Å². The fourth-order valence-electron chi connectivity index (χ4n) is 3.36. The van der Waals surface area contributed by atoms with Crippen molar-refractivity contribution in [2.45, 2.75) is 32.9 Å². The van der Waals surface area contributed by atoms with Crippen LogP contribution in [-0.4, -0.2) is 29.2 Å². The van der Waals surface area contributed by atoms with Crippen molar-refractivity contribution in [3.63, 3.8) is 0 Å². The number of hydrogen-bond acceptors (Lipinski definition) is 7. The van der Waals surface area contributed by atoms with Gasteiger partial charge in [-0.25, -0.2) is 13.8 Å². The van der Waals surface area contributed by atoms with E-state index in [0.717, 1.165) is 4.57 Å². The van der Waals surface area contributed by atoms with E-state index in [1.807, 2.05) is 0 Å². The van der Waals surface area contributed by atoms with E-state index in [1.165, 1.54) is 62.1 Å². The molecule has 0 amide bonds. The lowest BCUT2D eigenvalue weighted by Gasteiger charge is -2.17. The van der Waals surface area contributed by atoms with Crippen LogP contribution in [-0.2, 0) is 12.2 Å². The molecule has 0 aliphatic heterocycles. The maximum absolute atomic E-state index is 14.1. The molecule has 0 spiro atoms. The van der Waals surface area contributed by atoms with Crippen LogP contribution in [0.4, 0.5) is 8.78 Å². The summed E-state index contributed by atoms with van der Waals surface area (Å²) in [5.41, 5.74) is -3.36. The van der Waals surface area contributed by atoms with Crippen molar-refractivity contribution < 1.29 is 21.4 Å². The second-order valence-electron chi connectivity index (χ2n) is 8.17. The van der Waals surface area contributed by atoms with Gasteiger partial charge in [-0.1, -0.05) is 11.6 Å². The van der Waals surface area contributed by atoms with Crippen molar-refractivity contribution in [2.75, 3.05) is 0 Å². The topological polar surface area (TPSA) is 112 Å². The Balaban J connectivity index is 1.77. The second-order valence-corrected chi connectivity index (χ2v) is 8.55. The van der Waals surface area contributed by atoms with Crippen LogP contribution in [0.1, 0.15) is 33.7 Å². The highest BCUT2D eigenvalue weighted by molar-refractivity contribution is 6.31. The normalized spacial score (nSPS) is 12.8. The fraction of sp³-hybridized carbons (Fsp3) is 0.208. The number of rotatable bonds is 6. The summed E-state index contributed by atoms with van der Waals surface area (Å²) in [4.78, 5) is 37.6. The van der Waals surface area contributed by atoms with E-state index >= 15 is 0 Å². The standard InChI is InChI=1S/C24H20ClF2N5O4/c1-13-8-18(36-12-17-16(27)9-14(26)11-30-17)20(25)22(33)32(13)15-4-5-28-19(10-15)31-7-6-29-21(23(31)34)24(2,3)35/h4-11,35H,12H2,1-3H3/i12D2. The van der Waals surface area contributed by atoms with Gasteiger partial charge in [0.25, 0.3) is 11.1 Å². The minimum Gasteiger partial charge on any atom is -0.485 e. The molecule has 4 aromatic rings. The summed E-state index contributed by atoms with van der Waals surface area (Å²) in [6.45, 7) is 1.46. The predicted molar refractivity (Wildman–Crippen MR) is 127 cm³/mol. The third-order valence-corrected chi connectivity index (χ3v) is 5.37. The van der Waals surface area contributed by atoms with Gasteiger partial charge < -0.3 is 9.84 Å². The lowest BCUT2D eigenvalue weighted by molar-refractivity contribution is 0.0718. The van der Waals surface area contributed by atoms with E-state index < -0.39 is 51.4 Å². The first-order chi connectivity index (χ1) is 17.7. The molecule has 0 bridgehead atoms. The average molecular weight is 518 g/mol. The summed E-state index contributed by atoms with van der Waals surface area (Å²) in [6.07, 6.45) is 4.67. The third kappa shape index (κ3) is 4.88. The van der Waals surface area contributed by atoms with Crippen LogP contribution < -0.4 is 15.9 Å². The zero-order chi connectivity index (χ0) is 28.0. The highest BCUT2D eigenvalue weighted by Gasteiger charge is 2.23. The first kappa shape index (κ1) is 22.5. The molecule has 0 radical (unpaired) electrons. The first-order valence-electron chi connectivity index (χ1n) is 11.4. The minimum absolute atomic E-state index is 0.105. The van der Waals surface area contributed by atoms with Gasteiger partial charge >= 0.3 is 0 Å². The Morgan fingerprint density at radius 2 is 1.89 bits per heavy atom. The van der Waals surface area contributed by atoms with Gasteiger partial charge in [-0.15, -0.1) is 0 Å². The highest BCUT2D eigenvalue weighted by Crippen LogP contribution is 2.25. The Labute approximate surface area is 211 Å². The number of aliphatic hydroxyl groups is 1. The van der Waals surface area contributed by atoms with Crippen molar-refractivity contribution in [3.05, 3.63) is 103 Å². The minimum atomic E-state index is -2.89. The molecule has 9 nitrogen and oxygen atoms in total. The molecule has 12 heteroatoms. The van der Waals surface area contributed by atoms with Gasteiger partial charge in [0.1, 0.15) is 46.0 Å². The van der Waals surface area contributed by atoms with E-state index in [2.05, 4.69) is 15.0 Å². The maximum Gasteiger partial charge on any atom is 0.280 e. The molecule has 0 fully saturated rings. The number of nitrogens with zero attached hydrogens (tertiary/aromatic N) is 5. The van der Waals surface area contributed by atoms with Crippen molar-refractivity contribution in [3.8, 4) is 17.3 Å². The summed E-state index contributed by atoms with van der Waals surface area (Å²) in [7, 11) is 0. The van der Waals surface area contributed by atoms with Crippen LogP contribution in [0.15, 0.2) is 58.6 Å².